The fraction of sp³-hybridized carbons (Fsp3) is 0.938. The van der Waals surface area contributed by atoms with E-state index in [1.165, 1.54) is 19.3 Å². The minimum atomic E-state index is 0.156. The van der Waals surface area contributed by atoms with E-state index in [9.17, 15) is 4.79 Å². The van der Waals surface area contributed by atoms with Crippen molar-refractivity contribution in [2.24, 2.45) is 23.0 Å². The molecule has 0 heterocycles. The lowest BCUT2D eigenvalue weighted by Crippen LogP contribution is -2.45. The van der Waals surface area contributed by atoms with Crippen LogP contribution in [0.2, 0.25) is 0 Å². The first-order chi connectivity index (χ1) is 9.71. The van der Waals surface area contributed by atoms with Gasteiger partial charge in [-0.15, -0.1) is 0 Å². The van der Waals surface area contributed by atoms with Crippen LogP contribution < -0.4 is 11.1 Å². The van der Waals surface area contributed by atoms with Crippen molar-refractivity contribution in [2.45, 2.75) is 51.9 Å². The summed E-state index contributed by atoms with van der Waals surface area (Å²) >= 11 is 0. The Kier molecular flexibility index (Phi) is 5.85. The average molecular weight is 282 g/mol. The lowest BCUT2D eigenvalue weighted by molar-refractivity contribution is -0.127. The summed E-state index contributed by atoms with van der Waals surface area (Å²) in [6.07, 6.45) is 8.10. The molecular formula is C16H30N2O2. The highest BCUT2D eigenvalue weighted by Gasteiger charge is 2.38. The molecule has 0 aromatic carbocycles. The van der Waals surface area contributed by atoms with Crippen molar-refractivity contribution in [1.29, 1.82) is 0 Å². The van der Waals surface area contributed by atoms with Crippen molar-refractivity contribution in [3.8, 4) is 0 Å². The highest BCUT2D eigenvalue weighted by atomic mass is 16.5. The van der Waals surface area contributed by atoms with Crippen LogP contribution in [-0.4, -0.2) is 32.2 Å². The summed E-state index contributed by atoms with van der Waals surface area (Å²) in [4.78, 5) is 12.3. The number of ether oxygens (including phenoxy) is 1. The molecule has 2 aliphatic rings. The summed E-state index contributed by atoms with van der Waals surface area (Å²) < 4.78 is 5.48. The zero-order valence-corrected chi connectivity index (χ0v) is 12.8. The number of nitrogens with two attached hydrogens (primary N) is 1. The molecule has 0 aromatic heterocycles. The van der Waals surface area contributed by atoms with Crippen LogP contribution in [0.25, 0.3) is 0 Å². The van der Waals surface area contributed by atoms with Gasteiger partial charge in [-0.2, -0.15) is 0 Å². The van der Waals surface area contributed by atoms with E-state index in [1.807, 2.05) is 6.92 Å². The number of amides is 1. The van der Waals surface area contributed by atoms with Crippen LogP contribution in [0.15, 0.2) is 0 Å². The third-order valence-electron chi connectivity index (χ3n) is 5.33. The summed E-state index contributed by atoms with van der Waals surface area (Å²) in [5, 5.41) is 3.21. The average Bonchev–Trinajstić information content (AvgIpc) is 2.89. The highest BCUT2D eigenvalue weighted by Crippen LogP contribution is 2.43. The molecule has 2 rings (SSSR count). The minimum absolute atomic E-state index is 0.156. The molecule has 4 nitrogen and oxygen atoms in total. The molecule has 2 fully saturated rings. The van der Waals surface area contributed by atoms with Crippen LogP contribution in [0, 0.1) is 17.3 Å². The Balaban J connectivity index is 1.76. The van der Waals surface area contributed by atoms with Gasteiger partial charge in [-0.05, 0) is 56.9 Å². The Morgan fingerprint density at radius 3 is 2.75 bits per heavy atom. The largest absolute Gasteiger partial charge is 0.382 e. The summed E-state index contributed by atoms with van der Waals surface area (Å²) in [5.74, 6) is 0.792. The maximum absolute atomic E-state index is 12.3. The maximum Gasteiger partial charge on any atom is 0.223 e. The first kappa shape index (κ1) is 15.8. The number of carbonyl (C=O) groups is 1. The molecule has 116 valence electrons. The van der Waals surface area contributed by atoms with Gasteiger partial charge in [0, 0.05) is 25.7 Å². The Bertz CT molecular complexity index is 316. The second-order valence-electron chi connectivity index (χ2n) is 6.55. The molecule has 0 radical (unpaired) electrons. The summed E-state index contributed by atoms with van der Waals surface area (Å²) in [5.41, 5.74) is 6.07. The number of hydrogen-bond donors (Lipinski definition) is 2. The Morgan fingerprint density at radius 1 is 1.35 bits per heavy atom. The van der Waals surface area contributed by atoms with Crippen molar-refractivity contribution < 1.29 is 9.53 Å². The predicted octanol–water partition coefficient (Wildman–Crippen LogP) is 2.07. The lowest BCUT2D eigenvalue weighted by atomic mass is 9.66. The maximum atomic E-state index is 12.3. The van der Waals surface area contributed by atoms with Crippen LogP contribution in [0.1, 0.15) is 51.9 Å². The van der Waals surface area contributed by atoms with Gasteiger partial charge >= 0.3 is 0 Å². The third-order valence-corrected chi connectivity index (χ3v) is 5.33. The van der Waals surface area contributed by atoms with Crippen molar-refractivity contribution in [2.75, 3.05) is 26.3 Å². The van der Waals surface area contributed by atoms with E-state index in [4.69, 9.17) is 10.5 Å². The van der Waals surface area contributed by atoms with Gasteiger partial charge in [-0.3, -0.25) is 4.79 Å². The molecule has 4 heteroatoms. The van der Waals surface area contributed by atoms with Gasteiger partial charge in [0.25, 0.3) is 0 Å². The number of rotatable bonds is 8. The van der Waals surface area contributed by atoms with E-state index in [-0.39, 0.29) is 11.8 Å². The van der Waals surface area contributed by atoms with Gasteiger partial charge in [-0.1, -0.05) is 12.8 Å². The molecule has 2 atom stereocenters. The van der Waals surface area contributed by atoms with Crippen molar-refractivity contribution in [1.82, 2.24) is 5.32 Å². The fourth-order valence-corrected chi connectivity index (χ4v) is 3.69. The van der Waals surface area contributed by atoms with Crippen LogP contribution in [0.5, 0.6) is 0 Å². The van der Waals surface area contributed by atoms with Crippen LogP contribution in [0.3, 0.4) is 0 Å². The van der Waals surface area contributed by atoms with Gasteiger partial charge in [0.2, 0.25) is 5.91 Å². The first-order valence-corrected chi connectivity index (χ1v) is 8.26. The topological polar surface area (TPSA) is 64.3 Å². The number of carbonyl (C=O) groups excluding carboxylic acids is 1. The van der Waals surface area contributed by atoms with Crippen molar-refractivity contribution >= 4 is 5.91 Å². The van der Waals surface area contributed by atoms with Gasteiger partial charge < -0.3 is 15.8 Å². The van der Waals surface area contributed by atoms with E-state index < -0.39 is 0 Å². The van der Waals surface area contributed by atoms with E-state index >= 15 is 0 Å². The monoisotopic (exact) mass is 282 g/mol. The summed E-state index contributed by atoms with van der Waals surface area (Å²) in [6.45, 7) is 5.10. The number of hydrogen-bond acceptors (Lipinski definition) is 3. The Labute approximate surface area is 122 Å². The first-order valence-electron chi connectivity index (χ1n) is 8.26. The zero-order valence-electron chi connectivity index (χ0n) is 12.8. The van der Waals surface area contributed by atoms with Crippen LogP contribution >= 0.6 is 0 Å². The van der Waals surface area contributed by atoms with Crippen LogP contribution in [0.4, 0.5) is 0 Å². The fourth-order valence-electron chi connectivity index (χ4n) is 3.69. The normalized spacial score (nSPS) is 28.1. The molecule has 0 aromatic rings. The van der Waals surface area contributed by atoms with Crippen molar-refractivity contribution in [3.05, 3.63) is 0 Å². The molecule has 0 spiro atoms. The summed E-state index contributed by atoms with van der Waals surface area (Å²) in [6, 6.07) is 0. The quantitative estimate of drug-likeness (QED) is 0.670. The van der Waals surface area contributed by atoms with E-state index in [1.54, 1.807) is 0 Å². The molecule has 0 unspecified atom stereocenters. The Hall–Kier alpha value is -0.610. The molecule has 3 N–H and O–H groups in total. The SMILES string of the molecule is CCOCCC1(CNC(=O)[C@@H]2CCC[C@@H]2CN)CCC1. The number of nitrogens with one attached hydrogen (secondary N) is 1. The van der Waals surface area contributed by atoms with Gasteiger partial charge in [0.05, 0.1) is 0 Å². The van der Waals surface area contributed by atoms with Gasteiger partial charge in [0.1, 0.15) is 0 Å². The second-order valence-corrected chi connectivity index (χ2v) is 6.55. The molecule has 1 amide bonds. The second kappa shape index (κ2) is 7.41. The molecule has 0 saturated heterocycles. The minimum Gasteiger partial charge on any atom is -0.382 e. The molecule has 0 bridgehead atoms. The third kappa shape index (κ3) is 3.73. The van der Waals surface area contributed by atoms with E-state index in [2.05, 4.69) is 5.32 Å². The highest BCUT2D eigenvalue weighted by molar-refractivity contribution is 5.79. The molecule has 2 saturated carbocycles. The molecule has 0 aliphatic heterocycles. The van der Waals surface area contributed by atoms with Crippen molar-refractivity contribution in [3.63, 3.8) is 0 Å². The molecular weight excluding hydrogens is 252 g/mol. The Morgan fingerprint density at radius 2 is 2.15 bits per heavy atom. The molecule has 2 aliphatic carbocycles. The van der Waals surface area contributed by atoms with E-state index in [0.29, 0.717) is 17.9 Å². The standard InChI is InChI=1S/C16H30N2O2/c1-2-20-10-9-16(7-4-8-16)12-18-15(19)14-6-3-5-13(14)11-17/h13-14H,2-12,17H2,1H3,(H,18,19)/t13-,14-/m1/s1. The zero-order chi connectivity index (χ0) is 14.4. The van der Waals surface area contributed by atoms with Gasteiger partial charge in [0.15, 0.2) is 0 Å². The van der Waals surface area contributed by atoms with E-state index in [0.717, 1.165) is 45.4 Å². The molecule has 20 heavy (non-hydrogen) atoms. The lowest BCUT2D eigenvalue weighted by Gasteiger charge is -2.42. The van der Waals surface area contributed by atoms with Crippen LogP contribution in [-0.2, 0) is 9.53 Å². The predicted molar refractivity (Wildman–Crippen MR) is 80.3 cm³/mol. The van der Waals surface area contributed by atoms with Gasteiger partial charge in [-0.25, -0.2) is 0 Å². The summed E-state index contributed by atoms with van der Waals surface area (Å²) in [7, 11) is 0. The smallest absolute Gasteiger partial charge is 0.223 e.